The van der Waals surface area contributed by atoms with Gasteiger partial charge in [-0.1, -0.05) is 23.4 Å². The smallest absolute Gasteiger partial charge is 0.262 e. The molecule has 5 nitrogen and oxygen atoms in total. The first-order chi connectivity index (χ1) is 12.4. The van der Waals surface area contributed by atoms with Crippen LogP contribution in [0, 0.1) is 0 Å². The van der Waals surface area contributed by atoms with Crippen molar-refractivity contribution in [1.82, 2.24) is 14.5 Å². The summed E-state index contributed by atoms with van der Waals surface area (Å²) in [6, 6.07) is 5.35. The van der Waals surface area contributed by atoms with Crippen molar-refractivity contribution in [3.63, 3.8) is 0 Å². The number of rotatable bonds is 4. The molecule has 2 aromatic rings. The molecule has 1 aromatic heterocycles. The van der Waals surface area contributed by atoms with Crippen LogP contribution in [0.15, 0.2) is 28.2 Å². The molecule has 0 N–H and O–H groups in total. The van der Waals surface area contributed by atoms with E-state index >= 15 is 0 Å². The van der Waals surface area contributed by atoms with Gasteiger partial charge in [0, 0.05) is 23.7 Å². The average molecular weight is 394 g/mol. The zero-order valence-electron chi connectivity index (χ0n) is 15.4. The molecule has 0 spiro atoms. The number of thioether (sulfide) groups is 1. The Balaban J connectivity index is 1.90. The summed E-state index contributed by atoms with van der Waals surface area (Å²) >= 11 is 7.39. The molecule has 7 heteroatoms. The van der Waals surface area contributed by atoms with Crippen LogP contribution in [0.3, 0.4) is 0 Å². The molecule has 1 fully saturated rings. The lowest BCUT2D eigenvalue weighted by molar-refractivity contribution is -0.131. The number of carbonyl (C=O) groups excluding carboxylic acids is 1. The lowest BCUT2D eigenvalue weighted by Crippen LogP contribution is -2.43. The normalized spacial score (nSPS) is 17.9. The molecule has 140 valence electrons. The third-order valence-electron chi connectivity index (χ3n) is 4.80. The molecule has 26 heavy (non-hydrogen) atoms. The van der Waals surface area contributed by atoms with Crippen LogP contribution in [0.5, 0.6) is 0 Å². The van der Waals surface area contributed by atoms with Crippen LogP contribution < -0.4 is 5.56 Å². The summed E-state index contributed by atoms with van der Waals surface area (Å²) in [6.45, 7) is 6.81. The Morgan fingerprint density at radius 1 is 1.38 bits per heavy atom. The van der Waals surface area contributed by atoms with E-state index in [2.05, 4.69) is 11.9 Å². The van der Waals surface area contributed by atoms with Gasteiger partial charge in [0.1, 0.15) is 0 Å². The quantitative estimate of drug-likeness (QED) is 0.579. The van der Waals surface area contributed by atoms with Gasteiger partial charge in [-0.25, -0.2) is 4.98 Å². The zero-order chi connectivity index (χ0) is 18.8. The maximum atomic E-state index is 12.9. The Hall–Kier alpha value is -1.53. The van der Waals surface area contributed by atoms with E-state index in [-0.39, 0.29) is 29.3 Å². The highest BCUT2D eigenvalue weighted by Gasteiger charge is 2.24. The first-order valence-electron chi connectivity index (χ1n) is 9.02. The van der Waals surface area contributed by atoms with Crippen LogP contribution in [-0.2, 0) is 4.79 Å². The van der Waals surface area contributed by atoms with Crippen LogP contribution in [0.4, 0.5) is 0 Å². The number of aromatic nitrogens is 2. The van der Waals surface area contributed by atoms with Crippen molar-refractivity contribution in [3.8, 4) is 0 Å². The number of hydrogen-bond acceptors (Lipinski definition) is 4. The molecular weight excluding hydrogens is 370 g/mol. The molecule has 2 heterocycles. The number of fused-ring (bicyclic) bond motifs is 1. The van der Waals surface area contributed by atoms with Crippen molar-refractivity contribution in [1.29, 1.82) is 0 Å². The van der Waals surface area contributed by atoms with E-state index in [1.807, 2.05) is 18.7 Å². The van der Waals surface area contributed by atoms with Crippen molar-refractivity contribution in [2.45, 2.75) is 57.3 Å². The van der Waals surface area contributed by atoms with Gasteiger partial charge in [-0.05, 0) is 58.2 Å². The molecule has 1 aromatic carbocycles. The first kappa shape index (κ1) is 19.2. The van der Waals surface area contributed by atoms with E-state index in [9.17, 15) is 9.59 Å². The average Bonchev–Trinajstić information content (AvgIpc) is 2.59. The minimum atomic E-state index is -0.0945. The maximum Gasteiger partial charge on any atom is 0.262 e. The maximum absolute atomic E-state index is 12.9. The van der Waals surface area contributed by atoms with E-state index in [0.717, 1.165) is 19.4 Å². The summed E-state index contributed by atoms with van der Waals surface area (Å²) in [5, 5.41) is 1.65. The third-order valence-corrected chi connectivity index (χ3v) is 5.97. The second-order valence-corrected chi connectivity index (χ2v) is 8.42. The van der Waals surface area contributed by atoms with E-state index in [1.165, 1.54) is 18.2 Å². The van der Waals surface area contributed by atoms with Gasteiger partial charge in [-0.3, -0.25) is 14.2 Å². The molecule has 0 aliphatic carbocycles. The summed E-state index contributed by atoms with van der Waals surface area (Å²) in [7, 11) is 0. The van der Waals surface area contributed by atoms with Gasteiger partial charge in [-0.2, -0.15) is 0 Å². The molecule has 0 unspecified atom stereocenters. The van der Waals surface area contributed by atoms with Gasteiger partial charge in [0.25, 0.3) is 5.56 Å². The number of nitrogens with zero attached hydrogens (tertiary/aromatic N) is 3. The molecule has 0 saturated carbocycles. The van der Waals surface area contributed by atoms with Crippen molar-refractivity contribution in [3.05, 3.63) is 33.6 Å². The molecule has 1 aliphatic rings. The van der Waals surface area contributed by atoms with Crippen LogP contribution in [0.1, 0.15) is 46.1 Å². The highest BCUT2D eigenvalue weighted by atomic mass is 35.5. The Labute approximate surface area is 162 Å². The second kappa shape index (κ2) is 8.01. The first-order valence-corrected chi connectivity index (χ1v) is 10.4. The molecule has 1 saturated heterocycles. The number of likely N-dealkylation sites (tertiary alicyclic amines) is 1. The van der Waals surface area contributed by atoms with E-state index in [4.69, 9.17) is 11.6 Å². The fourth-order valence-corrected chi connectivity index (χ4v) is 4.57. The van der Waals surface area contributed by atoms with Gasteiger partial charge in [0.05, 0.1) is 16.7 Å². The minimum Gasteiger partial charge on any atom is -0.339 e. The van der Waals surface area contributed by atoms with Crippen LogP contribution in [0.2, 0.25) is 5.02 Å². The van der Waals surface area contributed by atoms with E-state index in [0.29, 0.717) is 21.1 Å². The molecule has 3 rings (SSSR count). The standard InChI is InChI=1S/C19H24ClN3O2S/c1-12(2)23-18(25)15-8-7-14(20)10-16(15)21-19(23)26-11-17(24)22-9-5-4-6-13(22)3/h7-8,10,12-13H,4-6,9,11H2,1-3H3/t13-/m1/s1. The fraction of sp³-hybridized carbons (Fsp3) is 0.526. The van der Waals surface area contributed by atoms with Crippen LogP contribution >= 0.6 is 23.4 Å². The number of halogens is 1. The summed E-state index contributed by atoms with van der Waals surface area (Å²) in [5.74, 6) is 0.396. The fourth-order valence-electron chi connectivity index (χ4n) is 3.39. The largest absolute Gasteiger partial charge is 0.339 e. The van der Waals surface area contributed by atoms with E-state index < -0.39 is 0 Å². The van der Waals surface area contributed by atoms with E-state index in [1.54, 1.807) is 22.8 Å². The number of amides is 1. The Morgan fingerprint density at radius 2 is 2.15 bits per heavy atom. The van der Waals surface area contributed by atoms with Gasteiger partial charge < -0.3 is 4.90 Å². The molecule has 1 aliphatic heterocycles. The highest BCUT2D eigenvalue weighted by Crippen LogP contribution is 2.24. The summed E-state index contributed by atoms with van der Waals surface area (Å²) in [5.41, 5.74) is 0.476. The molecule has 0 radical (unpaired) electrons. The minimum absolute atomic E-state index is 0.0402. The predicted octanol–water partition coefficient (Wildman–Crippen LogP) is 4.12. The van der Waals surface area contributed by atoms with Gasteiger partial charge in [-0.15, -0.1) is 0 Å². The predicted molar refractivity (Wildman–Crippen MR) is 107 cm³/mol. The molecular formula is C19H24ClN3O2S. The second-order valence-electron chi connectivity index (χ2n) is 7.05. The number of piperidine rings is 1. The van der Waals surface area contributed by atoms with Crippen molar-refractivity contribution >= 4 is 40.2 Å². The highest BCUT2D eigenvalue weighted by molar-refractivity contribution is 7.99. The van der Waals surface area contributed by atoms with Crippen LogP contribution in [-0.4, -0.2) is 38.7 Å². The Morgan fingerprint density at radius 3 is 2.85 bits per heavy atom. The monoisotopic (exact) mass is 393 g/mol. The summed E-state index contributed by atoms with van der Waals surface area (Å²) in [4.78, 5) is 32.1. The number of carbonyl (C=O) groups is 1. The van der Waals surface area contributed by atoms with Crippen molar-refractivity contribution in [2.24, 2.45) is 0 Å². The Bertz CT molecular complexity index is 881. The van der Waals surface area contributed by atoms with Gasteiger partial charge in [0.2, 0.25) is 5.91 Å². The Kier molecular flexibility index (Phi) is 5.92. The van der Waals surface area contributed by atoms with Crippen LogP contribution in [0.25, 0.3) is 10.9 Å². The lowest BCUT2D eigenvalue weighted by Gasteiger charge is -2.33. The molecule has 0 bridgehead atoms. The molecule has 1 atom stereocenters. The molecule has 1 amide bonds. The zero-order valence-corrected chi connectivity index (χ0v) is 16.9. The van der Waals surface area contributed by atoms with Crippen molar-refractivity contribution in [2.75, 3.05) is 12.3 Å². The van der Waals surface area contributed by atoms with Gasteiger partial charge in [0.15, 0.2) is 5.16 Å². The third kappa shape index (κ3) is 3.91. The number of benzene rings is 1. The topological polar surface area (TPSA) is 55.2 Å². The summed E-state index contributed by atoms with van der Waals surface area (Å²) < 4.78 is 1.66. The SMILES string of the molecule is CC(C)n1c(SCC(=O)N2CCCC[C@H]2C)nc2cc(Cl)ccc2c1=O. The van der Waals surface area contributed by atoms with Gasteiger partial charge >= 0.3 is 0 Å². The summed E-state index contributed by atoms with van der Waals surface area (Å²) in [6.07, 6.45) is 3.29. The lowest BCUT2D eigenvalue weighted by atomic mass is 10.0. The number of hydrogen-bond donors (Lipinski definition) is 0. The van der Waals surface area contributed by atoms with Crippen molar-refractivity contribution < 1.29 is 4.79 Å².